The van der Waals surface area contributed by atoms with Gasteiger partial charge in [-0.25, -0.2) is 0 Å². The van der Waals surface area contributed by atoms with Gasteiger partial charge in [0.25, 0.3) is 0 Å². The number of fused-ring (bicyclic) bond motifs is 1. The molecular weight excluding hydrogens is 186 g/mol. The van der Waals surface area contributed by atoms with Gasteiger partial charge in [-0.3, -0.25) is 0 Å². The molecule has 1 N–H and O–H groups in total. The lowest BCUT2D eigenvalue weighted by Crippen LogP contribution is -2.50. The third kappa shape index (κ3) is 1.53. The van der Waals surface area contributed by atoms with Crippen molar-refractivity contribution in [2.45, 2.75) is 32.3 Å². The molecule has 0 aromatic heterocycles. The van der Waals surface area contributed by atoms with Crippen molar-refractivity contribution in [3.05, 3.63) is 28.8 Å². The smallest absolute Gasteiger partial charge is 0.126 e. The molecule has 1 fully saturated rings. The largest absolute Gasteiger partial charge is 0.487 e. The van der Waals surface area contributed by atoms with Gasteiger partial charge in [0, 0.05) is 13.1 Å². The minimum atomic E-state index is 0.399. The Labute approximate surface area is 90.6 Å². The first kappa shape index (κ1) is 9.22. The van der Waals surface area contributed by atoms with Gasteiger partial charge in [-0.1, -0.05) is 12.1 Å². The molecule has 2 aliphatic rings. The van der Waals surface area contributed by atoms with Crippen molar-refractivity contribution in [1.29, 1.82) is 0 Å². The summed E-state index contributed by atoms with van der Waals surface area (Å²) >= 11 is 0. The zero-order chi connectivity index (χ0) is 10.3. The second-order valence-electron chi connectivity index (χ2n) is 4.60. The van der Waals surface area contributed by atoms with Crippen LogP contribution in [-0.4, -0.2) is 19.2 Å². The average Bonchev–Trinajstić information content (AvgIpc) is 2.61. The van der Waals surface area contributed by atoms with Crippen molar-refractivity contribution in [2.75, 3.05) is 13.1 Å². The number of benzene rings is 1. The Morgan fingerprint density at radius 1 is 1.27 bits per heavy atom. The fourth-order valence-corrected chi connectivity index (χ4v) is 2.43. The van der Waals surface area contributed by atoms with E-state index in [4.69, 9.17) is 4.74 Å². The van der Waals surface area contributed by atoms with Crippen molar-refractivity contribution in [2.24, 2.45) is 0 Å². The standard InChI is InChI=1S/C13H17NO/c1-9-5-6-10-3-2-4-12(10)13(9)15-11-7-14-8-11/h5-6,11,14H,2-4,7-8H2,1H3. The first-order valence-corrected chi connectivity index (χ1v) is 5.83. The molecule has 2 nitrogen and oxygen atoms in total. The average molecular weight is 203 g/mol. The molecule has 1 aromatic rings. The van der Waals surface area contributed by atoms with Gasteiger partial charge >= 0.3 is 0 Å². The van der Waals surface area contributed by atoms with Gasteiger partial charge in [0.1, 0.15) is 11.9 Å². The molecule has 1 saturated heterocycles. The number of hydrogen-bond donors (Lipinski definition) is 1. The lowest BCUT2D eigenvalue weighted by atomic mass is 10.0. The van der Waals surface area contributed by atoms with Crippen LogP contribution >= 0.6 is 0 Å². The first-order chi connectivity index (χ1) is 7.34. The van der Waals surface area contributed by atoms with Crippen LogP contribution in [0.15, 0.2) is 12.1 Å². The molecule has 0 amide bonds. The molecule has 0 atom stereocenters. The van der Waals surface area contributed by atoms with Crippen LogP contribution < -0.4 is 10.1 Å². The fraction of sp³-hybridized carbons (Fsp3) is 0.538. The molecule has 1 heterocycles. The maximum atomic E-state index is 6.06. The van der Waals surface area contributed by atoms with Crippen LogP contribution in [0.1, 0.15) is 23.1 Å². The van der Waals surface area contributed by atoms with Gasteiger partial charge in [-0.05, 0) is 42.9 Å². The highest BCUT2D eigenvalue weighted by Gasteiger charge is 2.23. The van der Waals surface area contributed by atoms with E-state index >= 15 is 0 Å². The summed E-state index contributed by atoms with van der Waals surface area (Å²) in [6, 6.07) is 4.47. The monoisotopic (exact) mass is 203 g/mol. The minimum Gasteiger partial charge on any atom is -0.487 e. The van der Waals surface area contributed by atoms with Crippen molar-refractivity contribution >= 4 is 0 Å². The van der Waals surface area contributed by atoms with Crippen LogP contribution in [0.5, 0.6) is 5.75 Å². The lowest BCUT2D eigenvalue weighted by Gasteiger charge is -2.29. The predicted molar refractivity (Wildman–Crippen MR) is 60.5 cm³/mol. The van der Waals surface area contributed by atoms with Gasteiger partial charge in [0.2, 0.25) is 0 Å². The number of rotatable bonds is 2. The number of aryl methyl sites for hydroxylation is 2. The van der Waals surface area contributed by atoms with Gasteiger partial charge in [-0.2, -0.15) is 0 Å². The van der Waals surface area contributed by atoms with Crippen molar-refractivity contribution in [1.82, 2.24) is 5.32 Å². The highest BCUT2D eigenvalue weighted by molar-refractivity contribution is 5.48. The number of hydrogen-bond acceptors (Lipinski definition) is 2. The third-order valence-electron chi connectivity index (χ3n) is 3.46. The Morgan fingerprint density at radius 2 is 2.13 bits per heavy atom. The Kier molecular flexibility index (Phi) is 2.17. The van der Waals surface area contributed by atoms with Gasteiger partial charge in [0.05, 0.1) is 0 Å². The Hall–Kier alpha value is -1.02. The molecule has 0 spiro atoms. The normalized spacial score (nSPS) is 19.8. The van der Waals surface area contributed by atoms with E-state index in [2.05, 4.69) is 24.4 Å². The lowest BCUT2D eigenvalue weighted by molar-refractivity contribution is 0.140. The summed E-state index contributed by atoms with van der Waals surface area (Å²) in [6.07, 6.45) is 4.12. The fourth-order valence-electron chi connectivity index (χ4n) is 2.43. The summed E-state index contributed by atoms with van der Waals surface area (Å²) in [7, 11) is 0. The van der Waals surface area contributed by atoms with E-state index in [1.807, 2.05) is 0 Å². The summed E-state index contributed by atoms with van der Waals surface area (Å²) in [5.74, 6) is 1.18. The van der Waals surface area contributed by atoms with Gasteiger partial charge < -0.3 is 10.1 Å². The molecule has 3 rings (SSSR count). The quantitative estimate of drug-likeness (QED) is 0.792. The highest BCUT2D eigenvalue weighted by atomic mass is 16.5. The summed E-state index contributed by atoms with van der Waals surface area (Å²) in [4.78, 5) is 0. The van der Waals surface area contributed by atoms with Crippen molar-refractivity contribution in [3.63, 3.8) is 0 Å². The van der Waals surface area contributed by atoms with Crippen molar-refractivity contribution in [3.8, 4) is 5.75 Å². The molecule has 15 heavy (non-hydrogen) atoms. The molecule has 80 valence electrons. The van der Waals surface area contributed by atoms with Crippen LogP contribution in [-0.2, 0) is 12.8 Å². The van der Waals surface area contributed by atoms with Crippen LogP contribution in [0.2, 0.25) is 0 Å². The van der Waals surface area contributed by atoms with Crippen LogP contribution in [0.25, 0.3) is 0 Å². The van der Waals surface area contributed by atoms with Crippen LogP contribution in [0.4, 0.5) is 0 Å². The Bertz CT molecular complexity index is 382. The number of ether oxygens (including phenoxy) is 1. The summed E-state index contributed by atoms with van der Waals surface area (Å²) in [6.45, 7) is 4.16. The van der Waals surface area contributed by atoms with Crippen LogP contribution in [0, 0.1) is 6.92 Å². The molecular formula is C13H17NO. The van der Waals surface area contributed by atoms with Crippen molar-refractivity contribution < 1.29 is 4.74 Å². The minimum absolute atomic E-state index is 0.399. The van der Waals surface area contributed by atoms with E-state index in [1.54, 1.807) is 0 Å². The Morgan fingerprint density at radius 3 is 2.87 bits per heavy atom. The second-order valence-corrected chi connectivity index (χ2v) is 4.60. The topological polar surface area (TPSA) is 21.3 Å². The SMILES string of the molecule is Cc1ccc2c(c1OC1CNC1)CCC2. The van der Waals surface area contributed by atoms with E-state index < -0.39 is 0 Å². The summed E-state index contributed by atoms with van der Waals surface area (Å²) < 4.78 is 6.06. The Balaban J connectivity index is 1.93. The highest BCUT2D eigenvalue weighted by Crippen LogP contribution is 2.34. The molecule has 0 saturated carbocycles. The maximum Gasteiger partial charge on any atom is 0.126 e. The molecule has 1 aliphatic heterocycles. The van der Waals surface area contributed by atoms with E-state index in [1.165, 1.54) is 41.7 Å². The molecule has 0 bridgehead atoms. The van der Waals surface area contributed by atoms with Gasteiger partial charge in [-0.15, -0.1) is 0 Å². The predicted octanol–water partition coefficient (Wildman–Crippen LogP) is 1.83. The summed E-state index contributed by atoms with van der Waals surface area (Å²) in [5.41, 5.74) is 4.27. The second kappa shape index (κ2) is 3.53. The first-order valence-electron chi connectivity index (χ1n) is 5.83. The number of nitrogens with one attached hydrogen (secondary N) is 1. The zero-order valence-corrected chi connectivity index (χ0v) is 9.18. The zero-order valence-electron chi connectivity index (χ0n) is 9.18. The molecule has 2 heteroatoms. The maximum absolute atomic E-state index is 6.06. The summed E-state index contributed by atoms with van der Waals surface area (Å²) in [5, 5.41) is 3.24. The van der Waals surface area contributed by atoms with Gasteiger partial charge in [0.15, 0.2) is 0 Å². The van der Waals surface area contributed by atoms with E-state index in [-0.39, 0.29) is 0 Å². The van der Waals surface area contributed by atoms with E-state index in [0.717, 1.165) is 13.1 Å². The molecule has 0 unspecified atom stereocenters. The molecule has 0 radical (unpaired) electrons. The van der Waals surface area contributed by atoms with E-state index in [9.17, 15) is 0 Å². The third-order valence-corrected chi connectivity index (χ3v) is 3.46. The molecule has 1 aromatic carbocycles. The van der Waals surface area contributed by atoms with E-state index in [0.29, 0.717) is 6.10 Å². The van der Waals surface area contributed by atoms with Crippen LogP contribution in [0.3, 0.4) is 0 Å². The molecule has 1 aliphatic carbocycles.